The molecule has 0 aliphatic rings. The summed E-state index contributed by atoms with van der Waals surface area (Å²) in [7, 11) is 1.64. The first kappa shape index (κ1) is 12.9. The Balaban J connectivity index is 2.44. The van der Waals surface area contributed by atoms with Crippen LogP contribution in [0.1, 0.15) is 22.7 Å². The minimum absolute atomic E-state index is 0.283. The van der Waals surface area contributed by atoms with Gasteiger partial charge in [0.15, 0.2) is 0 Å². The van der Waals surface area contributed by atoms with Gasteiger partial charge in [-0.3, -0.25) is 0 Å². The monoisotopic (exact) mass is 261 g/mol. The molecule has 1 atom stereocenters. The number of nitrogens with two attached hydrogens (primary N) is 1. The minimum Gasteiger partial charge on any atom is -0.496 e. The van der Waals surface area contributed by atoms with E-state index < -0.39 is 0 Å². The zero-order chi connectivity index (χ0) is 13.1. The lowest BCUT2D eigenvalue weighted by Gasteiger charge is -2.17. The number of aryl methyl sites for hydroxylation is 1. The number of hydrogen-bond donors (Lipinski definition) is 1. The SMILES string of the molecule is COc1ccccc1C(N)c1ccc(C)cc1Cl. The first-order chi connectivity index (χ1) is 8.63. The van der Waals surface area contributed by atoms with E-state index in [2.05, 4.69) is 0 Å². The molecule has 0 aliphatic carbocycles. The van der Waals surface area contributed by atoms with Gasteiger partial charge in [-0.25, -0.2) is 0 Å². The smallest absolute Gasteiger partial charge is 0.123 e. The minimum atomic E-state index is -0.283. The highest BCUT2D eigenvalue weighted by Gasteiger charge is 2.16. The second kappa shape index (κ2) is 5.42. The van der Waals surface area contributed by atoms with Gasteiger partial charge >= 0.3 is 0 Å². The van der Waals surface area contributed by atoms with Crippen LogP contribution in [-0.4, -0.2) is 7.11 Å². The molecule has 0 saturated carbocycles. The zero-order valence-corrected chi connectivity index (χ0v) is 11.2. The molecule has 1 unspecified atom stereocenters. The van der Waals surface area contributed by atoms with Gasteiger partial charge in [-0.15, -0.1) is 0 Å². The Morgan fingerprint density at radius 2 is 1.83 bits per heavy atom. The van der Waals surface area contributed by atoms with Crippen molar-refractivity contribution in [1.29, 1.82) is 0 Å². The molecule has 94 valence electrons. The molecule has 0 bridgehead atoms. The van der Waals surface area contributed by atoms with E-state index in [1.807, 2.05) is 49.4 Å². The second-order valence-electron chi connectivity index (χ2n) is 4.24. The summed E-state index contributed by atoms with van der Waals surface area (Å²) in [5.74, 6) is 0.779. The van der Waals surface area contributed by atoms with E-state index in [4.69, 9.17) is 22.1 Å². The van der Waals surface area contributed by atoms with E-state index in [9.17, 15) is 0 Å². The van der Waals surface area contributed by atoms with Gasteiger partial charge in [0, 0.05) is 10.6 Å². The van der Waals surface area contributed by atoms with Gasteiger partial charge in [-0.05, 0) is 30.2 Å². The van der Waals surface area contributed by atoms with Gasteiger partial charge in [0.1, 0.15) is 5.75 Å². The number of ether oxygens (including phenoxy) is 1. The molecule has 2 rings (SSSR count). The normalized spacial score (nSPS) is 12.2. The topological polar surface area (TPSA) is 35.2 Å². The third-order valence-corrected chi connectivity index (χ3v) is 3.29. The number of para-hydroxylation sites is 1. The van der Waals surface area contributed by atoms with Crippen molar-refractivity contribution in [1.82, 2.24) is 0 Å². The predicted octanol–water partition coefficient (Wildman–Crippen LogP) is 3.71. The second-order valence-corrected chi connectivity index (χ2v) is 4.65. The molecule has 2 nitrogen and oxygen atoms in total. The van der Waals surface area contributed by atoms with E-state index in [1.165, 1.54) is 0 Å². The van der Waals surface area contributed by atoms with Crippen molar-refractivity contribution >= 4 is 11.6 Å². The third-order valence-electron chi connectivity index (χ3n) is 2.96. The average molecular weight is 262 g/mol. The largest absolute Gasteiger partial charge is 0.496 e. The standard InChI is InChI=1S/C15H16ClNO/c1-10-7-8-11(13(16)9-10)15(17)12-5-3-4-6-14(12)18-2/h3-9,15H,17H2,1-2H3. The molecule has 0 aromatic heterocycles. The Morgan fingerprint density at radius 3 is 2.50 bits per heavy atom. The van der Waals surface area contributed by atoms with Crippen LogP contribution in [0.4, 0.5) is 0 Å². The van der Waals surface area contributed by atoms with Crippen LogP contribution in [0.3, 0.4) is 0 Å². The Labute approximate surface area is 112 Å². The van der Waals surface area contributed by atoms with E-state index in [0.29, 0.717) is 5.02 Å². The highest BCUT2D eigenvalue weighted by molar-refractivity contribution is 6.31. The quantitative estimate of drug-likeness (QED) is 0.914. The van der Waals surface area contributed by atoms with Crippen LogP contribution in [0.2, 0.25) is 5.02 Å². The van der Waals surface area contributed by atoms with Gasteiger partial charge in [-0.2, -0.15) is 0 Å². The fourth-order valence-electron chi connectivity index (χ4n) is 1.98. The van der Waals surface area contributed by atoms with Crippen LogP contribution >= 0.6 is 11.6 Å². The third kappa shape index (κ3) is 2.50. The average Bonchev–Trinajstić information content (AvgIpc) is 2.38. The fraction of sp³-hybridized carbons (Fsp3) is 0.200. The van der Waals surface area contributed by atoms with Gasteiger partial charge < -0.3 is 10.5 Å². The lowest BCUT2D eigenvalue weighted by molar-refractivity contribution is 0.408. The molecule has 0 saturated heterocycles. The Bertz CT molecular complexity index is 554. The number of halogens is 1. The predicted molar refractivity (Wildman–Crippen MR) is 75.2 cm³/mol. The number of benzene rings is 2. The Kier molecular flexibility index (Phi) is 3.90. The van der Waals surface area contributed by atoms with Crippen molar-refractivity contribution in [3.8, 4) is 5.75 Å². The summed E-state index contributed by atoms with van der Waals surface area (Å²) in [4.78, 5) is 0. The van der Waals surface area contributed by atoms with Crippen LogP contribution in [0.5, 0.6) is 5.75 Å². The van der Waals surface area contributed by atoms with Crippen molar-refractivity contribution in [2.45, 2.75) is 13.0 Å². The highest BCUT2D eigenvalue weighted by atomic mass is 35.5. The molecule has 0 radical (unpaired) electrons. The summed E-state index contributed by atoms with van der Waals surface area (Å²) in [5.41, 5.74) is 9.25. The van der Waals surface area contributed by atoms with Crippen molar-refractivity contribution in [3.05, 3.63) is 64.2 Å². The van der Waals surface area contributed by atoms with Crippen LogP contribution in [0.15, 0.2) is 42.5 Å². The van der Waals surface area contributed by atoms with Crippen molar-refractivity contribution in [2.75, 3.05) is 7.11 Å². The van der Waals surface area contributed by atoms with Crippen LogP contribution < -0.4 is 10.5 Å². The van der Waals surface area contributed by atoms with E-state index >= 15 is 0 Å². The fourth-order valence-corrected chi connectivity index (χ4v) is 2.33. The zero-order valence-electron chi connectivity index (χ0n) is 10.5. The van der Waals surface area contributed by atoms with Crippen LogP contribution in [-0.2, 0) is 0 Å². The first-order valence-corrected chi connectivity index (χ1v) is 6.16. The van der Waals surface area contributed by atoms with Crippen molar-refractivity contribution < 1.29 is 4.74 Å². The molecule has 0 fully saturated rings. The Morgan fingerprint density at radius 1 is 1.11 bits per heavy atom. The lowest BCUT2D eigenvalue weighted by Crippen LogP contribution is -2.13. The number of hydrogen-bond acceptors (Lipinski definition) is 2. The molecule has 0 heterocycles. The highest BCUT2D eigenvalue weighted by Crippen LogP contribution is 2.32. The molecule has 2 aromatic rings. The summed E-state index contributed by atoms with van der Waals surface area (Å²) in [6, 6.07) is 13.3. The first-order valence-electron chi connectivity index (χ1n) is 5.78. The molecule has 2 aromatic carbocycles. The van der Waals surface area contributed by atoms with E-state index in [0.717, 1.165) is 22.4 Å². The van der Waals surface area contributed by atoms with E-state index in [-0.39, 0.29) is 6.04 Å². The number of rotatable bonds is 3. The molecule has 3 heteroatoms. The van der Waals surface area contributed by atoms with Crippen molar-refractivity contribution in [3.63, 3.8) is 0 Å². The summed E-state index contributed by atoms with van der Waals surface area (Å²) < 4.78 is 5.33. The molecular formula is C15H16ClNO. The van der Waals surface area contributed by atoms with Gasteiger partial charge in [-0.1, -0.05) is 41.9 Å². The maximum atomic E-state index is 6.28. The molecular weight excluding hydrogens is 246 g/mol. The molecule has 0 spiro atoms. The maximum absolute atomic E-state index is 6.28. The summed E-state index contributed by atoms with van der Waals surface area (Å²) >= 11 is 6.25. The number of methoxy groups -OCH3 is 1. The lowest BCUT2D eigenvalue weighted by atomic mass is 9.98. The maximum Gasteiger partial charge on any atom is 0.123 e. The Hall–Kier alpha value is -1.51. The molecule has 0 amide bonds. The summed E-state index contributed by atoms with van der Waals surface area (Å²) in [5, 5.41) is 0.688. The van der Waals surface area contributed by atoms with Gasteiger partial charge in [0.25, 0.3) is 0 Å². The molecule has 2 N–H and O–H groups in total. The van der Waals surface area contributed by atoms with Crippen molar-refractivity contribution in [2.24, 2.45) is 5.73 Å². The molecule has 18 heavy (non-hydrogen) atoms. The van der Waals surface area contributed by atoms with E-state index in [1.54, 1.807) is 7.11 Å². The van der Waals surface area contributed by atoms with Gasteiger partial charge in [0.05, 0.1) is 13.2 Å². The molecule has 0 aliphatic heterocycles. The summed E-state index contributed by atoms with van der Waals surface area (Å²) in [6.07, 6.45) is 0. The summed E-state index contributed by atoms with van der Waals surface area (Å²) in [6.45, 7) is 2.00. The van der Waals surface area contributed by atoms with Gasteiger partial charge in [0.2, 0.25) is 0 Å². The van der Waals surface area contributed by atoms with Crippen LogP contribution in [0, 0.1) is 6.92 Å². The van der Waals surface area contributed by atoms with Crippen LogP contribution in [0.25, 0.3) is 0 Å².